The molecule has 2 amide bonds. The number of pyridine rings is 1. The van der Waals surface area contributed by atoms with Crippen LogP contribution in [-0.4, -0.2) is 65.5 Å². The molecule has 2 aliphatic heterocycles. The number of carbonyl (C=O) groups is 3. The van der Waals surface area contributed by atoms with Gasteiger partial charge in [0.25, 0.3) is 0 Å². The van der Waals surface area contributed by atoms with Crippen LogP contribution in [0.1, 0.15) is 44.4 Å². The Hall–Kier alpha value is -3.12. The van der Waals surface area contributed by atoms with Crippen molar-refractivity contribution in [2.75, 3.05) is 25.0 Å². The molecule has 1 aromatic rings. The van der Waals surface area contributed by atoms with Gasteiger partial charge in [-0.05, 0) is 44.7 Å². The van der Waals surface area contributed by atoms with E-state index in [0.29, 0.717) is 13.0 Å². The average Bonchev–Trinajstić information content (AvgIpc) is 3.04. The SMILES string of the molecule is C#C[C@H](CC(=O)OCC)NC(=O)CN1C(=O)[C@@H](NCc2ccc3c(n2)NCCC3)C[C@H]1C. The lowest BCUT2D eigenvalue weighted by Gasteiger charge is -2.22. The van der Waals surface area contributed by atoms with Gasteiger partial charge < -0.3 is 25.6 Å². The number of ether oxygens (including phenoxy) is 1. The van der Waals surface area contributed by atoms with Gasteiger partial charge >= 0.3 is 5.97 Å². The third-order valence-electron chi connectivity index (χ3n) is 5.70. The van der Waals surface area contributed by atoms with Crippen LogP contribution in [-0.2, 0) is 32.1 Å². The van der Waals surface area contributed by atoms with Crippen molar-refractivity contribution in [3.63, 3.8) is 0 Å². The van der Waals surface area contributed by atoms with Crippen LogP contribution in [0, 0.1) is 12.3 Å². The van der Waals surface area contributed by atoms with Gasteiger partial charge in [-0.2, -0.15) is 0 Å². The number of likely N-dealkylation sites (tertiary alicyclic amines) is 1. The number of nitrogens with zero attached hydrogens (tertiary/aromatic N) is 2. The minimum atomic E-state index is -0.771. The topological polar surface area (TPSA) is 113 Å². The van der Waals surface area contributed by atoms with E-state index < -0.39 is 17.9 Å². The summed E-state index contributed by atoms with van der Waals surface area (Å²) in [5.41, 5.74) is 2.08. The number of aryl methyl sites for hydroxylation is 1. The molecule has 9 heteroatoms. The number of terminal acetylenes is 1. The maximum absolute atomic E-state index is 12.9. The van der Waals surface area contributed by atoms with Crippen molar-refractivity contribution in [2.24, 2.45) is 0 Å². The van der Waals surface area contributed by atoms with Crippen LogP contribution in [0.25, 0.3) is 0 Å². The number of fused-ring (bicyclic) bond motifs is 1. The van der Waals surface area contributed by atoms with E-state index in [1.165, 1.54) is 10.5 Å². The van der Waals surface area contributed by atoms with Crippen molar-refractivity contribution in [3.05, 3.63) is 23.4 Å². The molecule has 3 atom stereocenters. The van der Waals surface area contributed by atoms with Crippen LogP contribution in [0.15, 0.2) is 12.1 Å². The summed E-state index contributed by atoms with van der Waals surface area (Å²) in [6.45, 7) is 5.13. The van der Waals surface area contributed by atoms with Crippen LogP contribution in [0.4, 0.5) is 5.82 Å². The molecule has 0 unspecified atom stereocenters. The van der Waals surface area contributed by atoms with E-state index in [1.54, 1.807) is 6.92 Å². The lowest BCUT2D eigenvalue weighted by molar-refractivity contribution is -0.143. The van der Waals surface area contributed by atoms with Crippen molar-refractivity contribution in [1.82, 2.24) is 20.5 Å². The maximum Gasteiger partial charge on any atom is 0.308 e. The van der Waals surface area contributed by atoms with Gasteiger partial charge in [-0.15, -0.1) is 6.42 Å². The molecule has 0 saturated carbocycles. The highest BCUT2D eigenvalue weighted by Gasteiger charge is 2.37. The van der Waals surface area contributed by atoms with E-state index in [4.69, 9.17) is 11.2 Å². The molecule has 2 aliphatic rings. The minimum absolute atomic E-state index is 0.0988. The van der Waals surface area contributed by atoms with Gasteiger partial charge in [-0.1, -0.05) is 12.0 Å². The summed E-state index contributed by atoms with van der Waals surface area (Å²) in [4.78, 5) is 43.1. The van der Waals surface area contributed by atoms with Crippen LogP contribution < -0.4 is 16.0 Å². The summed E-state index contributed by atoms with van der Waals surface area (Å²) in [6.07, 6.45) is 8.04. The second-order valence-corrected chi connectivity index (χ2v) is 8.12. The highest BCUT2D eigenvalue weighted by Crippen LogP contribution is 2.21. The number of hydrogen-bond donors (Lipinski definition) is 3. The van der Waals surface area contributed by atoms with Gasteiger partial charge in [0.05, 0.1) is 31.3 Å². The molecule has 0 aromatic carbocycles. The van der Waals surface area contributed by atoms with E-state index in [2.05, 4.69) is 32.9 Å². The number of aromatic nitrogens is 1. The molecule has 3 N–H and O–H groups in total. The predicted molar refractivity (Wildman–Crippen MR) is 119 cm³/mol. The summed E-state index contributed by atoms with van der Waals surface area (Å²) in [5, 5.41) is 9.20. The normalized spacial score (nSPS) is 20.7. The Kier molecular flexibility index (Phi) is 8.06. The fraction of sp³-hybridized carbons (Fsp3) is 0.565. The first-order valence-corrected chi connectivity index (χ1v) is 11.1. The Balaban J connectivity index is 1.50. The molecular formula is C23H31N5O4. The molecular weight excluding hydrogens is 410 g/mol. The lowest BCUT2D eigenvalue weighted by Crippen LogP contribution is -2.46. The van der Waals surface area contributed by atoms with E-state index in [9.17, 15) is 14.4 Å². The van der Waals surface area contributed by atoms with Gasteiger partial charge in [-0.3, -0.25) is 14.4 Å². The van der Waals surface area contributed by atoms with E-state index in [0.717, 1.165) is 30.9 Å². The number of esters is 1. The molecule has 1 saturated heterocycles. The van der Waals surface area contributed by atoms with Crippen LogP contribution >= 0.6 is 0 Å². The quantitative estimate of drug-likeness (QED) is 0.380. The smallest absolute Gasteiger partial charge is 0.308 e. The molecule has 0 spiro atoms. The molecule has 1 fully saturated rings. The Labute approximate surface area is 188 Å². The standard InChI is InChI=1S/C23H31N5O4/c1-4-17(12-21(30)32-5-2)26-20(29)14-28-15(3)11-19(23(28)31)25-13-18-9-8-16-7-6-10-24-22(16)27-18/h1,8-9,15,17,19,25H,5-7,10-14H2,2-3H3,(H,24,27)(H,26,29)/t15-,17-,19+/m1/s1. The zero-order valence-corrected chi connectivity index (χ0v) is 18.6. The van der Waals surface area contributed by atoms with Gasteiger partial charge in [-0.25, -0.2) is 4.98 Å². The largest absolute Gasteiger partial charge is 0.466 e. The monoisotopic (exact) mass is 441 g/mol. The van der Waals surface area contributed by atoms with Gasteiger partial charge in [0.15, 0.2) is 0 Å². The molecule has 172 valence electrons. The van der Waals surface area contributed by atoms with Gasteiger partial charge in [0.2, 0.25) is 11.8 Å². The van der Waals surface area contributed by atoms with Crippen molar-refractivity contribution in [1.29, 1.82) is 0 Å². The van der Waals surface area contributed by atoms with E-state index >= 15 is 0 Å². The minimum Gasteiger partial charge on any atom is -0.466 e. The number of carbonyl (C=O) groups excluding carboxylic acids is 3. The molecule has 0 bridgehead atoms. The third kappa shape index (κ3) is 5.98. The number of anilines is 1. The van der Waals surface area contributed by atoms with Crippen molar-refractivity contribution >= 4 is 23.6 Å². The zero-order valence-electron chi connectivity index (χ0n) is 18.6. The van der Waals surface area contributed by atoms with Crippen molar-refractivity contribution in [3.8, 4) is 12.3 Å². The van der Waals surface area contributed by atoms with Crippen molar-refractivity contribution < 1.29 is 19.1 Å². The molecule has 0 aliphatic carbocycles. The fourth-order valence-electron chi connectivity index (χ4n) is 4.02. The van der Waals surface area contributed by atoms with Crippen molar-refractivity contribution in [2.45, 2.75) is 64.2 Å². The highest BCUT2D eigenvalue weighted by molar-refractivity contribution is 5.89. The first kappa shape index (κ1) is 23.5. The Morgan fingerprint density at radius 3 is 3.00 bits per heavy atom. The first-order valence-electron chi connectivity index (χ1n) is 11.1. The van der Waals surface area contributed by atoms with E-state index in [-0.39, 0.29) is 37.6 Å². The molecule has 9 nitrogen and oxygen atoms in total. The second kappa shape index (κ2) is 11.0. The zero-order chi connectivity index (χ0) is 23.1. The Bertz CT molecular complexity index is 897. The summed E-state index contributed by atoms with van der Waals surface area (Å²) in [7, 11) is 0. The molecule has 32 heavy (non-hydrogen) atoms. The highest BCUT2D eigenvalue weighted by atomic mass is 16.5. The average molecular weight is 442 g/mol. The van der Waals surface area contributed by atoms with E-state index in [1.807, 2.05) is 13.0 Å². The first-order chi connectivity index (χ1) is 15.4. The summed E-state index contributed by atoms with van der Waals surface area (Å²) >= 11 is 0. The summed E-state index contributed by atoms with van der Waals surface area (Å²) in [5.74, 6) is 2.29. The molecule has 3 heterocycles. The summed E-state index contributed by atoms with van der Waals surface area (Å²) in [6, 6.07) is 2.81. The summed E-state index contributed by atoms with van der Waals surface area (Å²) < 4.78 is 4.86. The van der Waals surface area contributed by atoms with Crippen LogP contribution in [0.5, 0.6) is 0 Å². The molecule has 1 aromatic heterocycles. The Morgan fingerprint density at radius 2 is 2.25 bits per heavy atom. The number of hydrogen-bond acceptors (Lipinski definition) is 7. The molecule has 0 radical (unpaired) electrons. The third-order valence-corrected chi connectivity index (χ3v) is 5.70. The number of amides is 2. The number of rotatable bonds is 9. The van der Waals surface area contributed by atoms with Gasteiger partial charge in [0.1, 0.15) is 11.9 Å². The Morgan fingerprint density at radius 1 is 1.44 bits per heavy atom. The fourth-order valence-corrected chi connectivity index (χ4v) is 4.02. The lowest BCUT2D eigenvalue weighted by atomic mass is 10.1. The van der Waals surface area contributed by atoms with Gasteiger partial charge in [0, 0.05) is 19.1 Å². The molecule has 3 rings (SSSR count). The maximum atomic E-state index is 12.9. The second-order valence-electron chi connectivity index (χ2n) is 8.12. The van der Waals surface area contributed by atoms with Crippen LogP contribution in [0.3, 0.4) is 0 Å². The predicted octanol–water partition coefficient (Wildman–Crippen LogP) is 0.590. The number of nitrogens with one attached hydrogen (secondary N) is 3. The van der Waals surface area contributed by atoms with Crippen LogP contribution in [0.2, 0.25) is 0 Å².